The molecule has 0 spiro atoms. The molecule has 0 radical (unpaired) electrons. The van der Waals surface area contributed by atoms with Crippen molar-refractivity contribution in [2.24, 2.45) is 17.8 Å². The number of methoxy groups -OCH3 is 1. The summed E-state index contributed by atoms with van der Waals surface area (Å²) in [6, 6.07) is 24.1. The van der Waals surface area contributed by atoms with Crippen molar-refractivity contribution in [1.82, 2.24) is 0 Å². The van der Waals surface area contributed by atoms with Crippen LogP contribution in [0.1, 0.15) is 40.2 Å². The van der Waals surface area contributed by atoms with Crippen LogP contribution in [0.15, 0.2) is 109 Å². The zero-order chi connectivity index (χ0) is 36.7. The summed E-state index contributed by atoms with van der Waals surface area (Å²) in [5, 5.41) is 11.3. The molecular weight excluding hydrogens is 710 g/mol. The maximum absolute atomic E-state index is 14.5. The van der Waals surface area contributed by atoms with Crippen LogP contribution >= 0.6 is 23.2 Å². The van der Waals surface area contributed by atoms with Gasteiger partial charge >= 0.3 is 0 Å². The van der Waals surface area contributed by atoms with E-state index >= 15 is 0 Å². The number of imide groups is 2. The number of anilines is 2. The lowest BCUT2D eigenvalue weighted by Gasteiger charge is -2.50. The lowest BCUT2D eigenvalue weighted by atomic mass is 9.56. The average molecular weight is 740 g/mol. The van der Waals surface area contributed by atoms with Gasteiger partial charge < -0.3 is 9.84 Å². The molecule has 6 atom stereocenters. The molecule has 0 unspecified atom stereocenters. The number of phenols is 1. The third kappa shape index (κ3) is 4.70. The summed E-state index contributed by atoms with van der Waals surface area (Å²) in [4.78, 5) is 68.0. The summed E-state index contributed by atoms with van der Waals surface area (Å²) >= 11 is 14.8. The van der Waals surface area contributed by atoms with E-state index in [9.17, 15) is 33.5 Å². The summed E-state index contributed by atoms with van der Waals surface area (Å²) in [5.41, 5.74) is 1.85. The smallest absolute Gasteiger partial charge is 0.258 e. The molecule has 2 aliphatic carbocycles. The number of allylic oxidation sites excluding steroid dienone is 2. The Morgan fingerprint density at radius 3 is 2.10 bits per heavy atom. The van der Waals surface area contributed by atoms with Crippen LogP contribution in [0.5, 0.6) is 11.5 Å². The first kappa shape index (κ1) is 33.8. The predicted molar refractivity (Wildman–Crippen MR) is 190 cm³/mol. The van der Waals surface area contributed by atoms with E-state index in [4.69, 9.17) is 27.9 Å². The fourth-order valence-corrected chi connectivity index (χ4v) is 9.34. The second kappa shape index (κ2) is 12.1. The van der Waals surface area contributed by atoms with Gasteiger partial charge in [-0.05, 0) is 73.4 Å². The largest absolute Gasteiger partial charge is 0.508 e. The first-order chi connectivity index (χ1) is 24.9. The Morgan fingerprint density at radius 2 is 1.44 bits per heavy atom. The van der Waals surface area contributed by atoms with Crippen molar-refractivity contribution in [2.45, 2.75) is 28.5 Å². The zero-order valence-corrected chi connectivity index (χ0v) is 29.0. The molecule has 2 aliphatic heterocycles. The minimum Gasteiger partial charge on any atom is -0.508 e. The summed E-state index contributed by atoms with van der Waals surface area (Å²) in [7, 11) is 1.42. The van der Waals surface area contributed by atoms with E-state index in [-0.39, 0.29) is 41.3 Å². The molecule has 0 bridgehead atoms. The fourth-order valence-electron chi connectivity index (χ4n) is 8.41. The first-order valence-corrected chi connectivity index (χ1v) is 17.3. The van der Waals surface area contributed by atoms with Crippen molar-refractivity contribution >= 4 is 64.0 Å². The molecule has 52 heavy (non-hydrogen) atoms. The second-order valence-corrected chi connectivity index (χ2v) is 14.7. The van der Waals surface area contributed by atoms with Crippen LogP contribution in [0.25, 0.3) is 0 Å². The van der Waals surface area contributed by atoms with Gasteiger partial charge in [0.2, 0.25) is 11.8 Å². The highest BCUT2D eigenvalue weighted by atomic mass is 35.5. The van der Waals surface area contributed by atoms with Crippen LogP contribution in [-0.4, -0.2) is 51.4 Å². The van der Waals surface area contributed by atoms with E-state index in [1.54, 1.807) is 66.7 Å². The lowest BCUT2D eigenvalue weighted by molar-refractivity contribution is -0.125. The van der Waals surface area contributed by atoms with Crippen LogP contribution in [0.2, 0.25) is 0 Å². The normalized spacial score (nSPS) is 28.0. The Kier molecular flexibility index (Phi) is 7.89. The number of alkyl halides is 2. The molecule has 4 aliphatic rings. The van der Waals surface area contributed by atoms with Gasteiger partial charge in [0.15, 0.2) is 15.5 Å². The average Bonchev–Trinajstić information content (AvgIpc) is 3.49. The SMILES string of the molecule is COc1ccc([C@H]2C3=CC[C@@H]4C(=O)N(c5ccc(C(=O)c6ccccc6)cc5)C(=O)[C@@H]4[C@@H]3C[C@@]3(Cl)C(=O)N(c4ccc(F)cc4)C(=O)[C@@]23Cl)c(O)c1. The molecule has 4 amide bonds. The Morgan fingerprint density at radius 1 is 0.808 bits per heavy atom. The number of aromatic hydroxyl groups is 1. The first-order valence-electron chi connectivity index (χ1n) is 16.6. The molecule has 4 aromatic carbocycles. The van der Waals surface area contributed by atoms with Gasteiger partial charge in [0.1, 0.15) is 17.3 Å². The molecule has 2 saturated heterocycles. The summed E-state index contributed by atoms with van der Waals surface area (Å²) < 4.78 is 19.2. The van der Waals surface area contributed by atoms with Gasteiger partial charge in [0, 0.05) is 28.7 Å². The van der Waals surface area contributed by atoms with Crippen molar-refractivity contribution in [3.63, 3.8) is 0 Å². The predicted octanol–water partition coefficient (Wildman–Crippen LogP) is 6.54. The van der Waals surface area contributed by atoms with Crippen molar-refractivity contribution in [1.29, 1.82) is 0 Å². The van der Waals surface area contributed by atoms with Crippen molar-refractivity contribution < 1.29 is 38.2 Å². The molecule has 0 aromatic heterocycles. The number of amides is 4. The number of ether oxygens (including phenoxy) is 1. The Hall–Kier alpha value is -5.32. The van der Waals surface area contributed by atoms with E-state index in [0.717, 1.165) is 21.9 Å². The van der Waals surface area contributed by atoms with Crippen LogP contribution in [0, 0.1) is 23.6 Å². The van der Waals surface area contributed by atoms with Gasteiger partial charge in [-0.25, -0.2) is 9.29 Å². The van der Waals surface area contributed by atoms with E-state index in [1.807, 2.05) is 0 Å². The van der Waals surface area contributed by atoms with Gasteiger partial charge in [0.25, 0.3) is 11.8 Å². The van der Waals surface area contributed by atoms with E-state index < -0.39 is 62.9 Å². The fraction of sp³-hybridized carbons (Fsp3) is 0.225. The Bertz CT molecular complexity index is 2230. The molecule has 8 rings (SSSR count). The molecule has 1 N–H and O–H groups in total. The Labute approximate surface area is 307 Å². The van der Waals surface area contributed by atoms with Crippen LogP contribution in [0.3, 0.4) is 0 Å². The van der Waals surface area contributed by atoms with Crippen molar-refractivity contribution in [3.05, 3.63) is 131 Å². The number of nitrogens with zero attached hydrogens (tertiary/aromatic N) is 2. The highest BCUT2D eigenvalue weighted by molar-refractivity contribution is 6.58. The van der Waals surface area contributed by atoms with Crippen LogP contribution in [-0.2, 0) is 19.2 Å². The minimum absolute atomic E-state index is 0.0471. The van der Waals surface area contributed by atoms with Crippen LogP contribution < -0.4 is 14.5 Å². The summed E-state index contributed by atoms with van der Waals surface area (Å²) in [6.45, 7) is 0. The number of rotatable bonds is 6. The Balaban J connectivity index is 1.21. The zero-order valence-electron chi connectivity index (χ0n) is 27.5. The minimum atomic E-state index is -2.20. The van der Waals surface area contributed by atoms with Gasteiger partial charge in [0.05, 0.1) is 30.3 Å². The number of ketones is 1. The van der Waals surface area contributed by atoms with Gasteiger partial charge in [-0.1, -0.05) is 48.0 Å². The lowest BCUT2D eigenvalue weighted by Crippen LogP contribution is -2.60. The number of halogens is 3. The number of carbonyl (C=O) groups is 5. The number of phenolic OH excluding ortho intramolecular Hbond substituents is 1. The standard InChI is InChI=1S/C40H29Cl2FN2O7/c1-52-26-15-16-28(31(46)19-26)33-27-17-18-29-32(30(27)20-39(41)37(50)45(38(51)40(33,39)42)25-13-9-23(43)10-14-25)36(49)44(35(29)48)24-11-7-22(8-12-24)34(47)21-5-3-2-4-6-21/h2-17,19,29-30,32-33,46H,18,20H2,1H3/t29-,30+,32-,33+,39+,40-/m0/s1. The molecular formula is C40H29Cl2FN2O7. The number of benzene rings is 4. The van der Waals surface area contributed by atoms with Crippen LogP contribution in [0.4, 0.5) is 15.8 Å². The van der Waals surface area contributed by atoms with Gasteiger partial charge in [-0.2, -0.15) is 0 Å². The number of hydrogen-bond acceptors (Lipinski definition) is 7. The highest BCUT2D eigenvalue weighted by Gasteiger charge is 2.77. The summed E-state index contributed by atoms with van der Waals surface area (Å²) in [5.74, 6) is -7.37. The maximum atomic E-state index is 14.5. The van der Waals surface area contributed by atoms with Gasteiger partial charge in [-0.3, -0.25) is 28.9 Å². The molecule has 4 aromatic rings. The third-order valence-electron chi connectivity index (χ3n) is 10.9. The molecule has 3 fully saturated rings. The molecule has 9 nitrogen and oxygen atoms in total. The molecule has 262 valence electrons. The number of hydrogen-bond donors (Lipinski definition) is 1. The van der Waals surface area contributed by atoms with E-state index in [0.29, 0.717) is 22.4 Å². The topological polar surface area (TPSA) is 121 Å². The van der Waals surface area contributed by atoms with Gasteiger partial charge in [-0.15, -0.1) is 23.2 Å². The van der Waals surface area contributed by atoms with E-state index in [1.165, 1.54) is 31.4 Å². The molecule has 2 heterocycles. The third-order valence-corrected chi connectivity index (χ3v) is 12.3. The number of carbonyl (C=O) groups excluding carboxylic acids is 5. The monoisotopic (exact) mass is 738 g/mol. The van der Waals surface area contributed by atoms with Crippen molar-refractivity contribution in [3.8, 4) is 11.5 Å². The summed E-state index contributed by atoms with van der Waals surface area (Å²) in [6.07, 6.45) is 1.59. The highest BCUT2D eigenvalue weighted by Crippen LogP contribution is 2.66. The molecule has 1 saturated carbocycles. The second-order valence-electron chi connectivity index (χ2n) is 13.4. The quantitative estimate of drug-likeness (QED) is 0.103. The molecule has 12 heteroatoms. The van der Waals surface area contributed by atoms with E-state index in [2.05, 4.69) is 0 Å². The maximum Gasteiger partial charge on any atom is 0.258 e. The number of fused-ring (bicyclic) bond motifs is 4. The van der Waals surface area contributed by atoms with Crippen molar-refractivity contribution in [2.75, 3.05) is 16.9 Å².